The first kappa shape index (κ1) is 12.1. The van der Waals surface area contributed by atoms with Crippen molar-refractivity contribution in [2.24, 2.45) is 0 Å². The van der Waals surface area contributed by atoms with Gasteiger partial charge in [-0.15, -0.1) is 0 Å². The largest absolute Gasteiger partial charge is 0.381 e. The zero-order valence-electron chi connectivity index (χ0n) is 8.18. The molecule has 4 heteroatoms. The van der Waals surface area contributed by atoms with Crippen LogP contribution in [0.1, 0.15) is 6.92 Å². The standard InChI is InChI=1S/C10H13ClINO/c1-7(14-2)6-13-10-4-3-8(12)5-9(10)11/h3-5,7,13H,6H2,1-2H3. The summed E-state index contributed by atoms with van der Waals surface area (Å²) < 4.78 is 6.27. The molecule has 1 aromatic rings. The van der Waals surface area contributed by atoms with E-state index in [9.17, 15) is 0 Å². The first-order valence-electron chi connectivity index (χ1n) is 4.35. The van der Waals surface area contributed by atoms with Crippen LogP contribution in [-0.2, 0) is 4.74 Å². The number of rotatable bonds is 4. The molecule has 1 unspecified atom stereocenters. The monoisotopic (exact) mass is 325 g/mol. The van der Waals surface area contributed by atoms with E-state index in [0.717, 1.165) is 20.8 Å². The summed E-state index contributed by atoms with van der Waals surface area (Å²) in [6.07, 6.45) is 0.186. The number of halogens is 2. The van der Waals surface area contributed by atoms with Gasteiger partial charge in [0.15, 0.2) is 0 Å². The quantitative estimate of drug-likeness (QED) is 0.857. The molecule has 0 saturated heterocycles. The van der Waals surface area contributed by atoms with Crippen molar-refractivity contribution in [1.82, 2.24) is 0 Å². The predicted molar refractivity (Wildman–Crippen MR) is 69.1 cm³/mol. The smallest absolute Gasteiger partial charge is 0.0715 e. The summed E-state index contributed by atoms with van der Waals surface area (Å²) in [5.41, 5.74) is 0.955. The summed E-state index contributed by atoms with van der Waals surface area (Å²) in [7, 11) is 1.70. The van der Waals surface area contributed by atoms with Gasteiger partial charge in [-0.2, -0.15) is 0 Å². The normalized spacial score (nSPS) is 12.6. The van der Waals surface area contributed by atoms with Crippen LogP contribution in [0.2, 0.25) is 5.02 Å². The van der Waals surface area contributed by atoms with Crippen LogP contribution in [0.3, 0.4) is 0 Å². The predicted octanol–water partition coefficient (Wildman–Crippen LogP) is 3.39. The van der Waals surface area contributed by atoms with Crippen LogP contribution in [0, 0.1) is 3.57 Å². The zero-order chi connectivity index (χ0) is 10.6. The molecule has 0 amide bonds. The highest BCUT2D eigenvalue weighted by Gasteiger charge is 2.02. The number of hydrogen-bond acceptors (Lipinski definition) is 2. The molecule has 0 aromatic heterocycles. The number of benzene rings is 1. The summed E-state index contributed by atoms with van der Waals surface area (Å²) in [6.45, 7) is 2.77. The Labute approximate surface area is 103 Å². The van der Waals surface area contributed by atoms with E-state index in [-0.39, 0.29) is 6.10 Å². The van der Waals surface area contributed by atoms with Crippen LogP contribution < -0.4 is 5.32 Å². The molecule has 1 N–H and O–H groups in total. The van der Waals surface area contributed by atoms with Crippen molar-refractivity contribution in [3.05, 3.63) is 26.8 Å². The lowest BCUT2D eigenvalue weighted by atomic mass is 10.3. The molecule has 0 bridgehead atoms. The van der Waals surface area contributed by atoms with E-state index in [4.69, 9.17) is 16.3 Å². The Morgan fingerprint density at radius 2 is 2.29 bits per heavy atom. The van der Waals surface area contributed by atoms with Gasteiger partial charge in [-0.1, -0.05) is 11.6 Å². The fourth-order valence-corrected chi connectivity index (χ4v) is 1.89. The third kappa shape index (κ3) is 3.63. The van der Waals surface area contributed by atoms with Gasteiger partial charge in [-0.05, 0) is 47.7 Å². The SMILES string of the molecule is COC(C)CNc1ccc(I)cc1Cl. The second-order valence-electron chi connectivity index (χ2n) is 3.05. The lowest BCUT2D eigenvalue weighted by Crippen LogP contribution is -2.18. The third-order valence-electron chi connectivity index (χ3n) is 1.91. The number of nitrogens with one attached hydrogen (secondary N) is 1. The van der Waals surface area contributed by atoms with Crippen LogP contribution in [0.5, 0.6) is 0 Å². The lowest BCUT2D eigenvalue weighted by Gasteiger charge is -2.12. The minimum absolute atomic E-state index is 0.186. The molecule has 14 heavy (non-hydrogen) atoms. The summed E-state index contributed by atoms with van der Waals surface area (Å²) in [6, 6.07) is 5.93. The molecular weight excluding hydrogens is 312 g/mol. The maximum atomic E-state index is 6.05. The summed E-state index contributed by atoms with van der Waals surface area (Å²) >= 11 is 8.28. The Morgan fingerprint density at radius 3 is 2.86 bits per heavy atom. The molecule has 0 aliphatic carbocycles. The molecule has 0 saturated carbocycles. The molecule has 1 rings (SSSR count). The Balaban J connectivity index is 2.59. The van der Waals surface area contributed by atoms with Crippen molar-refractivity contribution < 1.29 is 4.74 Å². The van der Waals surface area contributed by atoms with Gasteiger partial charge in [-0.25, -0.2) is 0 Å². The molecule has 0 fully saturated rings. The minimum atomic E-state index is 0.186. The van der Waals surface area contributed by atoms with E-state index >= 15 is 0 Å². The molecule has 0 radical (unpaired) electrons. The molecule has 1 aromatic carbocycles. The molecular formula is C10H13ClINO. The maximum absolute atomic E-state index is 6.05. The van der Waals surface area contributed by atoms with Crippen LogP contribution in [0.15, 0.2) is 18.2 Å². The van der Waals surface area contributed by atoms with Crippen molar-refractivity contribution in [3.8, 4) is 0 Å². The van der Waals surface area contributed by atoms with E-state index in [2.05, 4.69) is 27.9 Å². The fourth-order valence-electron chi connectivity index (χ4n) is 0.970. The highest BCUT2D eigenvalue weighted by molar-refractivity contribution is 14.1. The number of ether oxygens (including phenoxy) is 1. The highest BCUT2D eigenvalue weighted by atomic mass is 127. The van der Waals surface area contributed by atoms with Gasteiger partial charge in [-0.3, -0.25) is 0 Å². The van der Waals surface area contributed by atoms with Gasteiger partial charge in [0.25, 0.3) is 0 Å². The Bertz CT molecular complexity index is 306. The molecule has 78 valence electrons. The van der Waals surface area contributed by atoms with Crippen molar-refractivity contribution in [2.75, 3.05) is 19.0 Å². The van der Waals surface area contributed by atoms with Gasteiger partial charge in [0.1, 0.15) is 0 Å². The van der Waals surface area contributed by atoms with E-state index in [1.807, 2.05) is 25.1 Å². The number of methoxy groups -OCH3 is 1. The first-order chi connectivity index (χ1) is 6.63. The van der Waals surface area contributed by atoms with Gasteiger partial charge in [0.05, 0.1) is 16.8 Å². The van der Waals surface area contributed by atoms with Crippen LogP contribution in [0.25, 0.3) is 0 Å². The first-order valence-corrected chi connectivity index (χ1v) is 5.81. The summed E-state index contributed by atoms with van der Waals surface area (Å²) in [5.74, 6) is 0. The van der Waals surface area contributed by atoms with Gasteiger partial charge in [0, 0.05) is 17.2 Å². The summed E-state index contributed by atoms with van der Waals surface area (Å²) in [4.78, 5) is 0. The van der Waals surface area contributed by atoms with Crippen LogP contribution in [-0.4, -0.2) is 19.8 Å². The minimum Gasteiger partial charge on any atom is -0.381 e. The summed E-state index contributed by atoms with van der Waals surface area (Å²) in [5, 5.41) is 3.98. The van der Waals surface area contributed by atoms with E-state index in [0.29, 0.717) is 0 Å². The van der Waals surface area contributed by atoms with Gasteiger partial charge < -0.3 is 10.1 Å². The molecule has 0 heterocycles. The zero-order valence-corrected chi connectivity index (χ0v) is 11.1. The molecule has 2 nitrogen and oxygen atoms in total. The third-order valence-corrected chi connectivity index (χ3v) is 2.90. The van der Waals surface area contributed by atoms with Gasteiger partial charge >= 0.3 is 0 Å². The lowest BCUT2D eigenvalue weighted by molar-refractivity contribution is 0.129. The Morgan fingerprint density at radius 1 is 1.57 bits per heavy atom. The van der Waals surface area contributed by atoms with Crippen LogP contribution >= 0.6 is 34.2 Å². The second-order valence-corrected chi connectivity index (χ2v) is 4.70. The average molecular weight is 326 g/mol. The van der Waals surface area contributed by atoms with Crippen molar-refractivity contribution >= 4 is 39.9 Å². The van der Waals surface area contributed by atoms with E-state index in [1.165, 1.54) is 0 Å². The second kappa shape index (κ2) is 5.78. The van der Waals surface area contributed by atoms with Gasteiger partial charge in [0.2, 0.25) is 0 Å². The molecule has 0 aliphatic rings. The number of anilines is 1. The fraction of sp³-hybridized carbons (Fsp3) is 0.400. The average Bonchev–Trinajstić information content (AvgIpc) is 2.16. The highest BCUT2D eigenvalue weighted by Crippen LogP contribution is 2.23. The van der Waals surface area contributed by atoms with Crippen LogP contribution in [0.4, 0.5) is 5.69 Å². The van der Waals surface area contributed by atoms with E-state index < -0.39 is 0 Å². The van der Waals surface area contributed by atoms with Crippen molar-refractivity contribution in [1.29, 1.82) is 0 Å². The van der Waals surface area contributed by atoms with Crippen molar-refractivity contribution in [3.63, 3.8) is 0 Å². The number of hydrogen-bond donors (Lipinski definition) is 1. The van der Waals surface area contributed by atoms with E-state index in [1.54, 1.807) is 7.11 Å². The Kier molecular flexibility index (Phi) is 4.98. The van der Waals surface area contributed by atoms with Crippen molar-refractivity contribution in [2.45, 2.75) is 13.0 Å². The molecule has 1 atom stereocenters. The molecule has 0 spiro atoms. The molecule has 0 aliphatic heterocycles. The maximum Gasteiger partial charge on any atom is 0.0715 e. The topological polar surface area (TPSA) is 21.3 Å². The Hall–Kier alpha value is -0.0000000000000000555.